The van der Waals surface area contributed by atoms with Gasteiger partial charge in [0.05, 0.1) is 11.0 Å². The highest BCUT2D eigenvalue weighted by molar-refractivity contribution is 5.95. The lowest BCUT2D eigenvalue weighted by Gasteiger charge is -2.43. The Labute approximate surface area is 167 Å². The van der Waals surface area contributed by atoms with Gasteiger partial charge >= 0.3 is 0 Å². The van der Waals surface area contributed by atoms with Crippen LogP contribution in [0.5, 0.6) is 0 Å². The number of halogens is 1. The summed E-state index contributed by atoms with van der Waals surface area (Å²) in [5.74, 6) is 2.25. The molecule has 0 aromatic carbocycles. The number of aryl methyl sites for hydroxylation is 2. The van der Waals surface area contributed by atoms with Crippen molar-refractivity contribution in [1.29, 1.82) is 0 Å². The fraction of sp³-hybridized carbons (Fsp3) is 0.700. The Morgan fingerprint density at radius 2 is 1.85 bits per heavy atom. The molecule has 1 aromatic rings. The molecular formula is C20H30ClN3O3. The molecule has 27 heavy (non-hydrogen) atoms. The van der Waals surface area contributed by atoms with Crippen LogP contribution in [0, 0.1) is 25.2 Å². The first-order chi connectivity index (χ1) is 12.5. The maximum atomic E-state index is 13.3. The molecule has 0 radical (unpaired) electrons. The van der Waals surface area contributed by atoms with Crippen LogP contribution in [0.3, 0.4) is 0 Å². The lowest BCUT2D eigenvalue weighted by molar-refractivity contribution is -0.146. The molecule has 1 aliphatic carbocycles. The van der Waals surface area contributed by atoms with Crippen molar-refractivity contribution in [2.45, 2.75) is 39.5 Å². The average molecular weight is 396 g/mol. The molecule has 2 amide bonds. The molecule has 1 N–H and O–H groups in total. The second-order valence-corrected chi connectivity index (χ2v) is 8.14. The number of furan rings is 1. The Hall–Kier alpha value is -1.53. The summed E-state index contributed by atoms with van der Waals surface area (Å²) < 4.78 is 5.49. The van der Waals surface area contributed by atoms with E-state index in [1.54, 1.807) is 0 Å². The van der Waals surface area contributed by atoms with Gasteiger partial charge in [-0.1, -0.05) is 12.8 Å². The van der Waals surface area contributed by atoms with E-state index in [9.17, 15) is 9.59 Å². The second kappa shape index (κ2) is 7.84. The van der Waals surface area contributed by atoms with E-state index in [1.807, 2.05) is 29.7 Å². The maximum absolute atomic E-state index is 13.3. The normalized spacial score (nSPS) is 27.9. The predicted octanol–water partition coefficient (Wildman–Crippen LogP) is 2.38. The van der Waals surface area contributed by atoms with Gasteiger partial charge in [-0.25, -0.2) is 0 Å². The van der Waals surface area contributed by atoms with Gasteiger partial charge in [-0.3, -0.25) is 9.59 Å². The molecule has 0 bridgehead atoms. The average Bonchev–Trinajstić information content (AvgIpc) is 3.24. The Morgan fingerprint density at radius 3 is 2.52 bits per heavy atom. The Bertz CT molecular complexity index is 711. The second-order valence-electron chi connectivity index (χ2n) is 8.14. The molecule has 2 atom stereocenters. The summed E-state index contributed by atoms with van der Waals surface area (Å²) in [7, 11) is 0. The number of carbonyl (C=O) groups excluding carboxylic acids is 2. The minimum absolute atomic E-state index is 0. The van der Waals surface area contributed by atoms with Gasteiger partial charge < -0.3 is 19.5 Å². The fourth-order valence-corrected chi connectivity index (χ4v) is 5.11. The van der Waals surface area contributed by atoms with Gasteiger partial charge in [0.2, 0.25) is 5.91 Å². The first-order valence-corrected chi connectivity index (χ1v) is 9.88. The molecule has 2 aliphatic heterocycles. The van der Waals surface area contributed by atoms with Gasteiger partial charge in [0.1, 0.15) is 11.5 Å². The van der Waals surface area contributed by atoms with Gasteiger partial charge in [-0.2, -0.15) is 0 Å². The summed E-state index contributed by atoms with van der Waals surface area (Å²) in [5.41, 5.74) is 0.455. The van der Waals surface area contributed by atoms with Crippen LogP contribution in [0.2, 0.25) is 0 Å². The van der Waals surface area contributed by atoms with Crippen LogP contribution >= 0.6 is 12.4 Å². The predicted molar refractivity (Wildman–Crippen MR) is 105 cm³/mol. The molecule has 1 aromatic heterocycles. The number of rotatable bonds is 2. The summed E-state index contributed by atoms with van der Waals surface area (Å²) in [6.07, 6.45) is 4.57. The third-order valence-electron chi connectivity index (χ3n) is 6.59. The Kier molecular flexibility index (Phi) is 5.87. The first kappa shape index (κ1) is 20.2. The van der Waals surface area contributed by atoms with Crippen LogP contribution in [0.25, 0.3) is 0 Å². The molecule has 4 rings (SSSR count). The van der Waals surface area contributed by atoms with Crippen molar-refractivity contribution in [2.75, 3.05) is 39.3 Å². The number of amides is 2. The quantitative estimate of drug-likeness (QED) is 0.834. The minimum atomic E-state index is -0.192. The number of hydrogen-bond acceptors (Lipinski definition) is 4. The molecule has 6 nitrogen and oxygen atoms in total. The molecule has 0 unspecified atom stereocenters. The van der Waals surface area contributed by atoms with Crippen LogP contribution in [0.4, 0.5) is 0 Å². The minimum Gasteiger partial charge on any atom is -0.466 e. The fourth-order valence-electron chi connectivity index (χ4n) is 5.11. The van der Waals surface area contributed by atoms with Crippen molar-refractivity contribution in [2.24, 2.45) is 11.3 Å². The lowest BCUT2D eigenvalue weighted by Crippen LogP contribution is -2.56. The van der Waals surface area contributed by atoms with E-state index >= 15 is 0 Å². The zero-order valence-electron chi connectivity index (χ0n) is 16.3. The van der Waals surface area contributed by atoms with Crippen LogP contribution < -0.4 is 5.32 Å². The number of piperazine rings is 1. The molecule has 3 aliphatic rings. The van der Waals surface area contributed by atoms with Crippen LogP contribution in [0.15, 0.2) is 10.5 Å². The van der Waals surface area contributed by atoms with Crippen LogP contribution in [0.1, 0.15) is 47.6 Å². The highest BCUT2D eigenvalue weighted by atomic mass is 35.5. The van der Waals surface area contributed by atoms with Crippen molar-refractivity contribution in [3.05, 3.63) is 23.2 Å². The Balaban J connectivity index is 0.00000210. The summed E-state index contributed by atoms with van der Waals surface area (Å²) in [6, 6.07) is 1.81. The number of fused-ring (bicyclic) bond motifs is 1. The number of nitrogens with one attached hydrogen (secondary N) is 1. The third kappa shape index (κ3) is 3.49. The summed E-state index contributed by atoms with van der Waals surface area (Å²) in [4.78, 5) is 29.9. The van der Waals surface area contributed by atoms with Crippen molar-refractivity contribution < 1.29 is 14.0 Å². The molecular weight excluding hydrogens is 366 g/mol. The summed E-state index contributed by atoms with van der Waals surface area (Å²) in [5, 5.41) is 3.46. The van der Waals surface area contributed by atoms with Crippen molar-refractivity contribution >= 4 is 24.2 Å². The highest BCUT2D eigenvalue weighted by Gasteiger charge is 2.51. The van der Waals surface area contributed by atoms with Crippen molar-refractivity contribution in [3.8, 4) is 0 Å². The molecule has 7 heteroatoms. The van der Waals surface area contributed by atoms with E-state index in [-0.39, 0.29) is 23.7 Å². The van der Waals surface area contributed by atoms with E-state index in [2.05, 4.69) is 5.32 Å². The lowest BCUT2D eigenvalue weighted by atomic mass is 9.67. The van der Waals surface area contributed by atoms with Gasteiger partial charge in [-0.05, 0) is 45.2 Å². The smallest absolute Gasteiger partial charge is 0.257 e. The number of carbonyl (C=O) groups is 2. The maximum Gasteiger partial charge on any atom is 0.257 e. The van der Waals surface area contributed by atoms with Gasteiger partial charge in [0, 0.05) is 32.7 Å². The van der Waals surface area contributed by atoms with E-state index in [4.69, 9.17) is 4.42 Å². The summed E-state index contributed by atoms with van der Waals surface area (Å²) >= 11 is 0. The van der Waals surface area contributed by atoms with Crippen LogP contribution in [-0.4, -0.2) is 60.9 Å². The highest BCUT2D eigenvalue weighted by Crippen LogP contribution is 2.45. The zero-order valence-corrected chi connectivity index (χ0v) is 17.1. The zero-order chi connectivity index (χ0) is 18.3. The van der Waals surface area contributed by atoms with Crippen molar-refractivity contribution in [3.63, 3.8) is 0 Å². The molecule has 3 heterocycles. The molecule has 150 valence electrons. The number of nitrogens with zero attached hydrogens (tertiary/aromatic N) is 2. The van der Waals surface area contributed by atoms with Crippen molar-refractivity contribution in [1.82, 2.24) is 15.1 Å². The summed E-state index contributed by atoms with van der Waals surface area (Å²) in [6.45, 7) is 7.95. The molecule has 2 saturated heterocycles. The van der Waals surface area contributed by atoms with Gasteiger partial charge in [0.25, 0.3) is 5.91 Å². The number of hydrogen-bond donors (Lipinski definition) is 1. The molecule has 1 saturated carbocycles. The standard InChI is InChI=1S/C20H29N3O3.ClH/c1-14-11-17(15(2)26-14)18(24)22-7-9-23(10-8-22)19(25)20-6-4-3-5-16(20)12-21-13-20;/h11,16,21H,3-10,12-13H2,1-2H3;1H/t16-,20+;/m0./s1. The third-order valence-corrected chi connectivity index (χ3v) is 6.59. The first-order valence-electron chi connectivity index (χ1n) is 9.88. The SMILES string of the molecule is Cc1cc(C(=O)N2CCN(C(=O)[C@@]34CCCC[C@H]3CNC4)CC2)c(C)o1.Cl. The largest absolute Gasteiger partial charge is 0.466 e. The Morgan fingerprint density at radius 1 is 1.15 bits per heavy atom. The van der Waals surface area contributed by atoms with E-state index in [0.717, 1.165) is 38.1 Å². The van der Waals surface area contributed by atoms with Crippen LogP contribution in [-0.2, 0) is 4.79 Å². The van der Waals surface area contributed by atoms with Gasteiger partial charge in [-0.15, -0.1) is 12.4 Å². The van der Waals surface area contributed by atoms with Gasteiger partial charge in [0.15, 0.2) is 0 Å². The van der Waals surface area contributed by atoms with E-state index in [0.29, 0.717) is 49.3 Å². The topological polar surface area (TPSA) is 65.8 Å². The molecule has 3 fully saturated rings. The van der Waals surface area contributed by atoms with E-state index in [1.165, 1.54) is 6.42 Å². The van der Waals surface area contributed by atoms with E-state index < -0.39 is 0 Å². The monoisotopic (exact) mass is 395 g/mol. The molecule has 0 spiro atoms.